The molecule has 1 rings (SSSR count). The molecular weight excluding hydrogens is 148 g/mol. The highest BCUT2D eigenvalue weighted by atomic mass is 16.1. The predicted octanol–water partition coefficient (Wildman–Crippen LogP) is 2.96. The van der Waals surface area contributed by atoms with Crippen LogP contribution < -0.4 is 0 Å². The molecule has 2 unspecified atom stereocenters. The fraction of sp³-hybridized carbons (Fsp3) is 0.727. The molecule has 68 valence electrons. The van der Waals surface area contributed by atoms with Crippen molar-refractivity contribution < 1.29 is 4.79 Å². The standard InChI is InChI=1S/C11H18O/c1-8-5-4-6-9(2)11(8)7-10(3)12/h7-9H,4-6H2,1-3H3. The molecule has 1 heteroatoms. The van der Waals surface area contributed by atoms with Crippen LogP contribution in [0.4, 0.5) is 0 Å². The van der Waals surface area contributed by atoms with Gasteiger partial charge in [0.25, 0.3) is 0 Å². The number of hydrogen-bond donors (Lipinski definition) is 0. The number of rotatable bonds is 1. The van der Waals surface area contributed by atoms with Crippen molar-refractivity contribution in [1.29, 1.82) is 0 Å². The predicted molar refractivity (Wildman–Crippen MR) is 50.9 cm³/mol. The molecule has 1 nitrogen and oxygen atoms in total. The first-order valence-corrected chi connectivity index (χ1v) is 4.83. The zero-order valence-corrected chi connectivity index (χ0v) is 8.26. The van der Waals surface area contributed by atoms with Crippen molar-refractivity contribution in [1.82, 2.24) is 0 Å². The van der Waals surface area contributed by atoms with Crippen LogP contribution in [0.2, 0.25) is 0 Å². The molecule has 0 aromatic rings. The first-order valence-electron chi connectivity index (χ1n) is 4.83. The number of carbonyl (C=O) groups excluding carboxylic acids is 1. The molecule has 1 saturated carbocycles. The Hall–Kier alpha value is -0.590. The Morgan fingerprint density at radius 3 is 2.25 bits per heavy atom. The van der Waals surface area contributed by atoms with Crippen molar-refractivity contribution in [3.05, 3.63) is 11.6 Å². The third-order valence-electron chi connectivity index (χ3n) is 2.78. The van der Waals surface area contributed by atoms with E-state index in [-0.39, 0.29) is 5.78 Å². The van der Waals surface area contributed by atoms with Crippen LogP contribution in [-0.2, 0) is 4.79 Å². The Kier molecular flexibility index (Phi) is 3.07. The van der Waals surface area contributed by atoms with Crippen LogP contribution in [0.3, 0.4) is 0 Å². The molecule has 12 heavy (non-hydrogen) atoms. The molecule has 0 aromatic carbocycles. The summed E-state index contributed by atoms with van der Waals surface area (Å²) >= 11 is 0. The van der Waals surface area contributed by atoms with Gasteiger partial charge in [0.1, 0.15) is 0 Å². The SMILES string of the molecule is CC(=O)C=C1C(C)CCCC1C. The monoisotopic (exact) mass is 166 g/mol. The Morgan fingerprint density at radius 1 is 1.33 bits per heavy atom. The fourth-order valence-corrected chi connectivity index (χ4v) is 2.07. The summed E-state index contributed by atoms with van der Waals surface area (Å²) in [5, 5.41) is 0. The highest BCUT2D eigenvalue weighted by Crippen LogP contribution is 2.33. The first-order chi connectivity index (χ1) is 5.61. The second-order valence-electron chi connectivity index (χ2n) is 3.99. The van der Waals surface area contributed by atoms with Gasteiger partial charge in [-0.1, -0.05) is 25.8 Å². The Balaban J connectivity index is 2.75. The Bertz CT molecular complexity index is 191. The van der Waals surface area contributed by atoms with E-state index in [4.69, 9.17) is 0 Å². The molecule has 0 N–H and O–H groups in total. The molecule has 0 aliphatic heterocycles. The topological polar surface area (TPSA) is 17.1 Å². The second kappa shape index (κ2) is 3.88. The summed E-state index contributed by atoms with van der Waals surface area (Å²) in [5.41, 5.74) is 1.37. The van der Waals surface area contributed by atoms with Gasteiger partial charge < -0.3 is 0 Å². The van der Waals surface area contributed by atoms with Crippen LogP contribution >= 0.6 is 0 Å². The van der Waals surface area contributed by atoms with E-state index in [9.17, 15) is 4.79 Å². The van der Waals surface area contributed by atoms with E-state index in [1.165, 1.54) is 24.8 Å². The van der Waals surface area contributed by atoms with E-state index in [2.05, 4.69) is 13.8 Å². The van der Waals surface area contributed by atoms with Crippen LogP contribution in [0, 0.1) is 11.8 Å². The Morgan fingerprint density at radius 2 is 1.83 bits per heavy atom. The molecule has 2 atom stereocenters. The van der Waals surface area contributed by atoms with Gasteiger partial charge in [0.2, 0.25) is 0 Å². The molecule has 0 radical (unpaired) electrons. The maximum atomic E-state index is 10.9. The molecule has 0 saturated heterocycles. The van der Waals surface area contributed by atoms with Crippen LogP contribution in [0.5, 0.6) is 0 Å². The largest absolute Gasteiger partial charge is 0.295 e. The summed E-state index contributed by atoms with van der Waals surface area (Å²) in [6.45, 7) is 6.09. The zero-order valence-electron chi connectivity index (χ0n) is 8.26. The summed E-state index contributed by atoms with van der Waals surface area (Å²) in [6, 6.07) is 0. The van der Waals surface area contributed by atoms with E-state index in [0.29, 0.717) is 11.8 Å². The van der Waals surface area contributed by atoms with Gasteiger partial charge in [-0.15, -0.1) is 0 Å². The number of carbonyl (C=O) groups is 1. The van der Waals surface area contributed by atoms with Crippen LogP contribution in [-0.4, -0.2) is 5.78 Å². The van der Waals surface area contributed by atoms with Gasteiger partial charge in [-0.25, -0.2) is 0 Å². The third-order valence-corrected chi connectivity index (χ3v) is 2.78. The average Bonchev–Trinajstić information content (AvgIpc) is 1.97. The highest BCUT2D eigenvalue weighted by Gasteiger charge is 2.20. The van der Waals surface area contributed by atoms with Gasteiger partial charge in [-0.2, -0.15) is 0 Å². The lowest BCUT2D eigenvalue weighted by Gasteiger charge is -2.27. The van der Waals surface area contributed by atoms with Crippen molar-refractivity contribution in [2.75, 3.05) is 0 Å². The van der Waals surface area contributed by atoms with Crippen LogP contribution in [0.25, 0.3) is 0 Å². The highest BCUT2D eigenvalue weighted by molar-refractivity contribution is 5.88. The van der Waals surface area contributed by atoms with E-state index in [1.807, 2.05) is 6.08 Å². The first kappa shape index (κ1) is 9.50. The van der Waals surface area contributed by atoms with Crippen molar-refractivity contribution in [2.24, 2.45) is 11.8 Å². The summed E-state index contributed by atoms with van der Waals surface area (Å²) < 4.78 is 0. The summed E-state index contributed by atoms with van der Waals surface area (Å²) in [7, 11) is 0. The average molecular weight is 166 g/mol. The van der Waals surface area contributed by atoms with Crippen LogP contribution in [0.1, 0.15) is 40.0 Å². The van der Waals surface area contributed by atoms with E-state index in [0.717, 1.165) is 0 Å². The molecular formula is C11H18O. The molecule has 0 spiro atoms. The quantitative estimate of drug-likeness (QED) is 0.547. The molecule has 0 amide bonds. The zero-order chi connectivity index (χ0) is 9.14. The van der Waals surface area contributed by atoms with E-state index >= 15 is 0 Å². The van der Waals surface area contributed by atoms with Crippen molar-refractivity contribution in [3.63, 3.8) is 0 Å². The van der Waals surface area contributed by atoms with Gasteiger partial charge in [0.05, 0.1) is 0 Å². The van der Waals surface area contributed by atoms with Gasteiger partial charge in [0.15, 0.2) is 5.78 Å². The minimum atomic E-state index is 0.200. The second-order valence-corrected chi connectivity index (χ2v) is 3.99. The minimum Gasteiger partial charge on any atom is -0.295 e. The molecule has 1 aliphatic rings. The van der Waals surface area contributed by atoms with Gasteiger partial charge in [0, 0.05) is 0 Å². The maximum Gasteiger partial charge on any atom is 0.152 e. The normalized spacial score (nSPS) is 30.1. The smallest absolute Gasteiger partial charge is 0.152 e. The van der Waals surface area contributed by atoms with Crippen molar-refractivity contribution >= 4 is 5.78 Å². The van der Waals surface area contributed by atoms with Crippen molar-refractivity contribution in [3.8, 4) is 0 Å². The Labute approximate surface area is 74.9 Å². The lowest BCUT2D eigenvalue weighted by molar-refractivity contribution is -0.112. The van der Waals surface area contributed by atoms with Gasteiger partial charge in [-0.3, -0.25) is 4.79 Å². The number of ketones is 1. The minimum absolute atomic E-state index is 0.200. The number of allylic oxidation sites excluding steroid dienone is 2. The van der Waals surface area contributed by atoms with Crippen molar-refractivity contribution in [2.45, 2.75) is 40.0 Å². The van der Waals surface area contributed by atoms with Gasteiger partial charge in [-0.05, 0) is 37.7 Å². The molecule has 1 aliphatic carbocycles. The lowest BCUT2D eigenvalue weighted by atomic mass is 9.78. The molecule has 0 bridgehead atoms. The summed E-state index contributed by atoms with van der Waals surface area (Å²) in [6.07, 6.45) is 5.67. The molecule has 1 fully saturated rings. The summed E-state index contributed by atoms with van der Waals surface area (Å²) in [5.74, 6) is 1.45. The number of hydrogen-bond acceptors (Lipinski definition) is 1. The van der Waals surface area contributed by atoms with Crippen LogP contribution in [0.15, 0.2) is 11.6 Å². The van der Waals surface area contributed by atoms with E-state index < -0.39 is 0 Å². The fourth-order valence-electron chi connectivity index (χ4n) is 2.07. The maximum absolute atomic E-state index is 10.9. The third kappa shape index (κ3) is 2.20. The lowest BCUT2D eigenvalue weighted by Crippen LogP contribution is -2.15. The molecule has 0 aromatic heterocycles. The van der Waals surface area contributed by atoms with E-state index in [1.54, 1.807) is 6.92 Å². The summed E-state index contributed by atoms with van der Waals surface area (Å²) in [4.78, 5) is 10.9. The van der Waals surface area contributed by atoms with Gasteiger partial charge >= 0.3 is 0 Å². The molecule has 0 heterocycles.